The number of halogens is 2. The first-order valence-electron chi connectivity index (χ1n) is 18.2. The fourth-order valence-corrected chi connectivity index (χ4v) is 5.96. The van der Waals surface area contributed by atoms with E-state index in [0.29, 0.717) is 62.8 Å². The van der Waals surface area contributed by atoms with E-state index in [2.05, 4.69) is 36.3 Å². The third-order valence-corrected chi connectivity index (χ3v) is 9.33. The first-order chi connectivity index (χ1) is 22.6. The first kappa shape index (κ1) is 47.2. The lowest BCUT2D eigenvalue weighted by atomic mass is 9.83. The van der Waals surface area contributed by atoms with Crippen LogP contribution in [-0.2, 0) is 9.53 Å². The van der Waals surface area contributed by atoms with Gasteiger partial charge in [-0.25, -0.2) is 0 Å². The molecule has 0 saturated carbocycles. The lowest BCUT2D eigenvalue weighted by Crippen LogP contribution is -2.44. The summed E-state index contributed by atoms with van der Waals surface area (Å²) < 4.78 is 17.3. The van der Waals surface area contributed by atoms with E-state index in [4.69, 9.17) is 19.9 Å². The number of benzene rings is 1. The van der Waals surface area contributed by atoms with Crippen molar-refractivity contribution in [2.24, 2.45) is 29.4 Å². The van der Waals surface area contributed by atoms with Gasteiger partial charge in [0.15, 0.2) is 0 Å². The number of carbonyl (C=O) groups is 2. The van der Waals surface area contributed by atoms with Crippen molar-refractivity contribution < 1.29 is 28.9 Å². The Bertz CT molecular complexity index is 1030. The number of rotatable bonds is 24. The maximum Gasteiger partial charge on any atom is 0.255 e. The van der Waals surface area contributed by atoms with Crippen LogP contribution in [0.3, 0.4) is 0 Å². The summed E-state index contributed by atoms with van der Waals surface area (Å²) >= 11 is 0. The molecule has 2 rings (SSSR count). The summed E-state index contributed by atoms with van der Waals surface area (Å²) in [6, 6.07) is 4.90. The minimum atomic E-state index is -0.822. The van der Waals surface area contributed by atoms with Crippen LogP contribution in [0.25, 0.3) is 0 Å². The summed E-state index contributed by atoms with van der Waals surface area (Å²) in [5.41, 5.74) is 6.98. The van der Waals surface area contributed by atoms with Gasteiger partial charge in [-0.15, -0.1) is 24.8 Å². The number of hydrogen-bond acceptors (Lipinski definition) is 8. The normalized spacial score (nSPS) is 15.8. The molecule has 5 N–H and O–H groups in total. The second kappa shape index (κ2) is 26.9. The van der Waals surface area contributed by atoms with E-state index in [0.717, 1.165) is 45.3 Å². The van der Waals surface area contributed by atoms with Crippen LogP contribution >= 0.6 is 24.8 Å². The topological polar surface area (TPSA) is 135 Å². The molecule has 1 aliphatic rings. The Balaban J connectivity index is 0.0000115. The van der Waals surface area contributed by atoms with E-state index >= 15 is 0 Å². The second-order valence-electron chi connectivity index (χ2n) is 13.9. The number of likely N-dealkylation sites (tertiary alicyclic amines) is 1. The Labute approximate surface area is 309 Å². The molecular weight excluding hydrogens is 667 g/mol. The van der Waals surface area contributed by atoms with Crippen LogP contribution in [0.4, 0.5) is 0 Å². The number of carbonyl (C=O) groups excluding carboxylic acids is 2. The van der Waals surface area contributed by atoms with Gasteiger partial charge in [0.2, 0.25) is 5.91 Å². The van der Waals surface area contributed by atoms with E-state index < -0.39 is 12.1 Å². The lowest BCUT2D eigenvalue weighted by Gasteiger charge is -2.30. The number of methoxy groups -OCH3 is 1. The van der Waals surface area contributed by atoms with Crippen LogP contribution in [-0.4, -0.2) is 93.6 Å². The Hall–Kier alpha value is -1.82. The van der Waals surface area contributed by atoms with Gasteiger partial charge in [0.1, 0.15) is 18.1 Å². The number of nitrogens with one attached hydrogen (secondary N) is 2. The summed E-state index contributed by atoms with van der Waals surface area (Å²) in [7, 11) is 1.68. The lowest BCUT2D eigenvalue weighted by molar-refractivity contribution is -0.127. The fraction of sp³-hybridized carbons (Fsp3) is 0.784. The van der Waals surface area contributed by atoms with Crippen LogP contribution in [0, 0.1) is 23.7 Å². The number of ether oxygens (including phenoxy) is 3. The molecule has 1 heterocycles. The molecule has 4 atom stereocenters. The number of nitrogens with zero attached hydrogens (tertiary/aromatic N) is 1. The van der Waals surface area contributed by atoms with Crippen LogP contribution < -0.4 is 25.8 Å². The van der Waals surface area contributed by atoms with Gasteiger partial charge in [-0.1, -0.05) is 47.5 Å². The predicted octanol–water partition coefficient (Wildman–Crippen LogP) is 5.86. The number of amides is 2. The Kier molecular flexibility index (Phi) is 25.9. The molecule has 49 heavy (non-hydrogen) atoms. The molecule has 0 radical (unpaired) electrons. The van der Waals surface area contributed by atoms with E-state index in [9.17, 15) is 14.7 Å². The molecule has 2 amide bonds. The van der Waals surface area contributed by atoms with Gasteiger partial charge in [-0.3, -0.25) is 14.5 Å². The maximum absolute atomic E-state index is 13.5. The highest BCUT2D eigenvalue weighted by Crippen LogP contribution is 2.27. The van der Waals surface area contributed by atoms with Crippen molar-refractivity contribution in [3.63, 3.8) is 0 Å². The van der Waals surface area contributed by atoms with Crippen molar-refractivity contribution in [3.05, 3.63) is 23.8 Å². The SMILES string of the molecule is CCCCNC(=O)[C@@H](C[C@H](O)[C@@H](N)C[C@H](CNC(=O)c1ccc(OCCN2CCCCC2)cc1OCCCCOC)C(C)C)C(C)C.Cl.Cl. The number of aliphatic hydroxyl groups excluding tert-OH is 1. The molecule has 1 fully saturated rings. The Morgan fingerprint density at radius 1 is 0.918 bits per heavy atom. The van der Waals surface area contributed by atoms with Gasteiger partial charge in [0.05, 0.1) is 18.3 Å². The second-order valence-corrected chi connectivity index (χ2v) is 13.9. The summed E-state index contributed by atoms with van der Waals surface area (Å²) in [5.74, 6) is 0.970. The average molecular weight is 736 g/mol. The Morgan fingerprint density at radius 2 is 1.61 bits per heavy atom. The van der Waals surface area contributed by atoms with E-state index in [-0.39, 0.29) is 60.3 Å². The van der Waals surface area contributed by atoms with Crippen LogP contribution in [0.5, 0.6) is 11.5 Å². The highest BCUT2D eigenvalue weighted by atomic mass is 35.5. The number of nitrogens with two attached hydrogens (primary N) is 1. The van der Waals surface area contributed by atoms with Gasteiger partial charge in [-0.2, -0.15) is 0 Å². The monoisotopic (exact) mass is 734 g/mol. The van der Waals surface area contributed by atoms with Crippen molar-refractivity contribution in [2.75, 3.05) is 59.7 Å². The Morgan fingerprint density at radius 3 is 2.24 bits per heavy atom. The molecule has 1 saturated heterocycles. The third kappa shape index (κ3) is 18.3. The van der Waals surface area contributed by atoms with E-state index in [1.54, 1.807) is 13.2 Å². The standard InChI is InChI=1S/C37H66N4O6.2ClH/c1-7-8-16-39-37(44)32(28(4)5)25-34(42)33(38)23-29(27(2)3)26-40-36(43)31-15-14-30(24-35(31)47-21-13-12-20-45-6)46-22-19-41-17-10-9-11-18-41;;/h14-15,24,27-29,32-34,42H,7-13,16-23,25-26,38H2,1-6H3,(H,39,44)(H,40,43);2*1H/t29-,32+,33+,34+;;/m1../s1. The highest BCUT2D eigenvalue weighted by Gasteiger charge is 2.30. The van der Waals surface area contributed by atoms with Gasteiger partial charge >= 0.3 is 0 Å². The summed E-state index contributed by atoms with van der Waals surface area (Å²) in [6.45, 7) is 16.2. The number of hydrogen-bond donors (Lipinski definition) is 4. The molecular formula is C37H68Cl2N4O6. The molecule has 0 aromatic heterocycles. The van der Waals surface area contributed by atoms with Crippen LogP contribution in [0.15, 0.2) is 18.2 Å². The summed E-state index contributed by atoms with van der Waals surface area (Å²) in [5, 5.41) is 17.2. The third-order valence-electron chi connectivity index (χ3n) is 9.33. The first-order valence-corrected chi connectivity index (χ1v) is 18.2. The zero-order valence-electron chi connectivity index (χ0n) is 31.0. The van der Waals surface area contributed by atoms with E-state index in [1.807, 2.05) is 26.0 Å². The van der Waals surface area contributed by atoms with Crippen molar-refractivity contribution in [1.29, 1.82) is 0 Å². The number of piperidine rings is 1. The maximum atomic E-state index is 13.5. The van der Waals surface area contributed by atoms with Gasteiger partial charge in [-0.05, 0) is 87.9 Å². The van der Waals surface area contributed by atoms with Gasteiger partial charge < -0.3 is 35.7 Å². The molecule has 0 unspecified atom stereocenters. The molecule has 12 heteroatoms. The smallest absolute Gasteiger partial charge is 0.255 e. The molecule has 1 aromatic carbocycles. The van der Waals surface area contributed by atoms with Crippen molar-refractivity contribution in [1.82, 2.24) is 15.5 Å². The van der Waals surface area contributed by atoms with E-state index in [1.165, 1.54) is 19.3 Å². The average Bonchev–Trinajstić information content (AvgIpc) is 3.05. The highest BCUT2D eigenvalue weighted by molar-refractivity contribution is 5.97. The van der Waals surface area contributed by atoms with Crippen molar-refractivity contribution >= 4 is 36.6 Å². The molecule has 0 bridgehead atoms. The molecule has 286 valence electrons. The molecule has 10 nitrogen and oxygen atoms in total. The number of aliphatic hydroxyl groups is 1. The summed E-state index contributed by atoms with van der Waals surface area (Å²) in [6.07, 6.45) is 7.41. The minimum Gasteiger partial charge on any atom is -0.493 e. The molecule has 0 aliphatic carbocycles. The quantitative estimate of drug-likeness (QED) is 0.0971. The number of unbranched alkanes of at least 4 members (excludes halogenated alkanes) is 2. The molecule has 0 spiro atoms. The van der Waals surface area contributed by atoms with Gasteiger partial charge in [0.25, 0.3) is 5.91 Å². The van der Waals surface area contributed by atoms with Crippen molar-refractivity contribution in [2.45, 2.75) is 105 Å². The largest absolute Gasteiger partial charge is 0.493 e. The van der Waals surface area contributed by atoms with Gasteiger partial charge in [0, 0.05) is 51.4 Å². The fourth-order valence-electron chi connectivity index (χ4n) is 5.96. The molecule has 1 aromatic rings. The molecule has 1 aliphatic heterocycles. The minimum absolute atomic E-state index is 0. The van der Waals surface area contributed by atoms with Crippen LogP contribution in [0.2, 0.25) is 0 Å². The summed E-state index contributed by atoms with van der Waals surface area (Å²) in [4.78, 5) is 28.7. The zero-order chi connectivity index (χ0) is 34.6. The zero-order valence-corrected chi connectivity index (χ0v) is 32.7. The van der Waals surface area contributed by atoms with Crippen molar-refractivity contribution in [3.8, 4) is 11.5 Å². The van der Waals surface area contributed by atoms with Crippen LogP contribution in [0.1, 0.15) is 103 Å². The predicted molar refractivity (Wildman–Crippen MR) is 203 cm³/mol.